The second kappa shape index (κ2) is 3.68. The van der Waals surface area contributed by atoms with Gasteiger partial charge in [-0.1, -0.05) is 0 Å². The van der Waals surface area contributed by atoms with Crippen LogP contribution in [0, 0.1) is 0 Å². The Morgan fingerprint density at radius 3 is 2.57 bits per heavy atom. The van der Waals surface area contributed by atoms with E-state index in [0.29, 0.717) is 19.0 Å². The molecule has 0 amide bonds. The molecule has 2 rings (SSSR count). The Bertz CT molecular complexity index is 303. The molecule has 78 valence electrons. The van der Waals surface area contributed by atoms with Crippen LogP contribution in [-0.4, -0.2) is 41.1 Å². The van der Waals surface area contributed by atoms with Crippen LogP contribution >= 0.6 is 0 Å². The first-order valence-electron chi connectivity index (χ1n) is 4.58. The number of rotatable bonds is 1. The maximum Gasteiger partial charge on any atom is 0.169 e. The molecular formula is C9H14N2O3. The summed E-state index contributed by atoms with van der Waals surface area (Å²) < 4.78 is 12.3. The van der Waals surface area contributed by atoms with Crippen molar-refractivity contribution in [1.29, 1.82) is 0 Å². The lowest BCUT2D eigenvalue weighted by molar-refractivity contribution is -0.0678. The van der Waals surface area contributed by atoms with E-state index in [0.717, 1.165) is 0 Å². The molecule has 0 aliphatic carbocycles. The van der Waals surface area contributed by atoms with Crippen molar-refractivity contribution < 1.29 is 14.6 Å². The van der Waals surface area contributed by atoms with Crippen LogP contribution in [0.3, 0.4) is 0 Å². The molecule has 0 aromatic carbocycles. The summed E-state index contributed by atoms with van der Waals surface area (Å²) >= 11 is 0. The van der Waals surface area contributed by atoms with E-state index in [1.54, 1.807) is 17.0 Å². The van der Waals surface area contributed by atoms with Crippen molar-refractivity contribution in [2.24, 2.45) is 7.05 Å². The van der Waals surface area contributed by atoms with Crippen LogP contribution in [0.2, 0.25) is 0 Å². The van der Waals surface area contributed by atoms with Gasteiger partial charge in [-0.05, 0) is 0 Å². The highest BCUT2D eigenvalue weighted by Crippen LogP contribution is 2.21. The number of nitrogens with zero attached hydrogens (tertiary/aromatic N) is 2. The van der Waals surface area contributed by atoms with Gasteiger partial charge in [0, 0.05) is 19.4 Å². The molecule has 0 spiro atoms. The monoisotopic (exact) mass is 198 g/mol. The highest BCUT2D eigenvalue weighted by Gasteiger charge is 2.35. The molecule has 0 unspecified atom stereocenters. The summed E-state index contributed by atoms with van der Waals surface area (Å²) in [7, 11) is 1.84. The van der Waals surface area contributed by atoms with Crippen LogP contribution in [0.1, 0.15) is 5.82 Å². The predicted octanol–water partition coefficient (Wildman–Crippen LogP) is -0.346. The fraction of sp³-hybridized carbons (Fsp3) is 0.667. The fourth-order valence-corrected chi connectivity index (χ4v) is 1.58. The van der Waals surface area contributed by atoms with Gasteiger partial charge in [0.25, 0.3) is 0 Å². The SMILES string of the molecule is Cn1ccnc1C1(O)COCCOC1. The molecule has 1 aliphatic rings. The van der Waals surface area contributed by atoms with Gasteiger partial charge >= 0.3 is 0 Å². The molecule has 14 heavy (non-hydrogen) atoms. The molecule has 1 N–H and O–H groups in total. The van der Waals surface area contributed by atoms with Gasteiger partial charge in [-0.3, -0.25) is 0 Å². The lowest BCUT2D eigenvalue weighted by Gasteiger charge is -2.24. The Hall–Kier alpha value is -0.910. The number of imidazole rings is 1. The molecule has 1 aromatic heterocycles. The molecule has 0 saturated carbocycles. The van der Waals surface area contributed by atoms with E-state index in [-0.39, 0.29) is 13.2 Å². The Morgan fingerprint density at radius 1 is 1.43 bits per heavy atom. The van der Waals surface area contributed by atoms with Crippen LogP contribution in [-0.2, 0) is 22.1 Å². The van der Waals surface area contributed by atoms with Gasteiger partial charge in [-0.15, -0.1) is 0 Å². The van der Waals surface area contributed by atoms with Gasteiger partial charge in [0.1, 0.15) is 5.82 Å². The van der Waals surface area contributed by atoms with Crippen molar-refractivity contribution in [3.05, 3.63) is 18.2 Å². The van der Waals surface area contributed by atoms with Crippen molar-refractivity contribution >= 4 is 0 Å². The van der Waals surface area contributed by atoms with Gasteiger partial charge in [-0.2, -0.15) is 0 Å². The zero-order valence-electron chi connectivity index (χ0n) is 8.14. The minimum absolute atomic E-state index is 0.234. The van der Waals surface area contributed by atoms with E-state index >= 15 is 0 Å². The van der Waals surface area contributed by atoms with Gasteiger partial charge < -0.3 is 19.1 Å². The summed E-state index contributed by atoms with van der Waals surface area (Å²) in [6.45, 7) is 1.51. The highest BCUT2D eigenvalue weighted by atomic mass is 16.6. The third-order valence-corrected chi connectivity index (χ3v) is 2.29. The maximum absolute atomic E-state index is 10.3. The zero-order valence-corrected chi connectivity index (χ0v) is 8.14. The average molecular weight is 198 g/mol. The van der Waals surface area contributed by atoms with E-state index in [1.807, 2.05) is 7.05 Å². The lowest BCUT2D eigenvalue weighted by atomic mass is 10.1. The van der Waals surface area contributed by atoms with Crippen molar-refractivity contribution in [2.45, 2.75) is 5.60 Å². The quantitative estimate of drug-likeness (QED) is 0.670. The van der Waals surface area contributed by atoms with E-state index < -0.39 is 5.60 Å². The predicted molar refractivity (Wildman–Crippen MR) is 48.7 cm³/mol. The second-order valence-electron chi connectivity index (χ2n) is 3.50. The molecular weight excluding hydrogens is 184 g/mol. The van der Waals surface area contributed by atoms with Crippen LogP contribution < -0.4 is 0 Å². The van der Waals surface area contributed by atoms with Gasteiger partial charge in [-0.25, -0.2) is 4.98 Å². The summed E-state index contributed by atoms with van der Waals surface area (Å²) in [5, 5.41) is 10.3. The second-order valence-corrected chi connectivity index (χ2v) is 3.50. The molecule has 0 radical (unpaired) electrons. The molecule has 1 aliphatic heterocycles. The molecule has 1 aromatic rings. The summed E-state index contributed by atoms with van der Waals surface area (Å²) in [6, 6.07) is 0. The van der Waals surface area contributed by atoms with E-state index in [2.05, 4.69) is 4.98 Å². The van der Waals surface area contributed by atoms with Crippen LogP contribution in [0.15, 0.2) is 12.4 Å². The standard InChI is InChI=1S/C9H14N2O3/c1-11-3-2-10-8(11)9(12)6-13-4-5-14-7-9/h2-3,12H,4-7H2,1H3. The highest BCUT2D eigenvalue weighted by molar-refractivity contribution is 5.05. The summed E-state index contributed by atoms with van der Waals surface area (Å²) in [4.78, 5) is 4.11. The number of ether oxygens (including phenoxy) is 2. The number of aromatic nitrogens is 2. The van der Waals surface area contributed by atoms with Crippen molar-refractivity contribution in [3.8, 4) is 0 Å². The molecule has 1 fully saturated rings. The molecule has 2 heterocycles. The first-order valence-corrected chi connectivity index (χ1v) is 4.58. The fourth-order valence-electron chi connectivity index (χ4n) is 1.58. The van der Waals surface area contributed by atoms with Gasteiger partial charge in [0.15, 0.2) is 5.60 Å². The normalized spacial score (nSPS) is 21.9. The Balaban J connectivity index is 2.25. The Morgan fingerprint density at radius 2 is 2.07 bits per heavy atom. The summed E-state index contributed by atoms with van der Waals surface area (Å²) in [5.41, 5.74) is -1.12. The topological polar surface area (TPSA) is 56.5 Å². The Kier molecular flexibility index (Phi) is 2.54. The largest absolute Gasteiger partial charge is 0.377 e. The minimum atomic E-state index is -1.12. The zero-order chi connectivity index (χ0) is 10.0. The van der Waals surface area contributed by atoms with Crippen LogP contribution in [0.4, 0.5) is 0 Å². The smallest absolute Gasteiger partial charge is 0.169 e. The molecule has 5 heteroatoms. The average Bonchev–Trinajstić information content (AvgIpc) is 2.46. The number of hydrogen-bond donors (Lipinski definition) is 1. The third kappa shape index (κ3) is 1.66. The van der Waals surface area contributed by atoms with E-state index in [9.17, 15) is 5.11 Å². The van der Waals surface area contributed by atoms with Gasteiger partial charge in [0.05, 0.1) is 26.4 Å². The number of aliphatic hydroxyl groups is 1. The van der Waals surface area contributed by atoms with Crippen molar-refractivity contribution in [1.82, 2.24) is 9.55 Å². The summed E-state index contributed by atoms with van der Waals surface area (Å²) in [6.07, 6.45) is 3.44. The first kappa shape index (κ1) is 9.64. The number of aryl methyl sites for hydroxylation is 1. The molecule has 1 saturated heterocycles. The van der Waals surface area contributed by atoms with E-state index in [1.165, 1.54) is 0 Å². The lowest BCUT2D eigenvalue weighted by Crippen LogP contribution is -2.37. The molecule has 0 atom stereocenters. The van der Waals surface area contributed by atoms with Crippen LogP contribution in [0.25, 0.3) is 0 Å². The summed E-state index contributed by atoms with van der Waals surface area (Å²) in [5.74, 6) is 0.583. The molecule has 0 bridgehead atoms. The van der Waals surface area contributed by atoms with Gasteiger partial charge in [0.2, 0.25) is 0 Å². The Labute approximate surface area is 82.3 Å². The molecule has 5 nitrogen and oxygen atoms in total. The first-order chi connectivity index (χ1) is 6.72. The minimum Gasteiger partial charge on any atom is -0.377 e. The number of hydrogen-bond acceptors (Lipinski definition) is 4. The third-order valence-electron chi connectivity index (χ3n) is 2.29. The van der Waals surface area contributed by atoms with Crippen LogP contribution in [0.5, 0.6) is 0 Å². The maximum atomic E-state index is 10.3. The van der Waals surface area contributed by atoms with Crippen molar-refractivity contribution in [3.63, 3.8) is 0 Å². The van der Waals surface area contributed by atoms with E-state index in [4.69, 9.17) is 9.47 Å². The van der Waals surface area contributed by atoms with Crippen molar-refractivity contribution in [2.75, 3.05) is 26.4 Å².